The Labute approximate surface area is 122 Å². The second-order valence-corrected chi connectivity index (χ2v) is 5.76. The second-order valence-electron chi connectivity index (χ2n) is 5.76. The number of allylic oxidation sites excluding steroid dienone is 2. The highest BCUT2D eigenvalue weighted by Gasteiger charge is 2.51. The van der Waals surface area contributed by atoms with Gasteiger partial charge in [0.2, 0.25) is 6.54 Å². The topological polar surface area (TPSA) is 104 Å². The van der Waals surface area contributed by atoms with Crippen LogP contribution < -0.4 is 0 Å². The fraction of sp³-hybridized carbons (Fsp3) is 0.643. The molecule has 0 aromatic rings. The van der Waals surface area contributed by atoms with Gasteiger partial charge in [0.05, 0.1) is 18.4 Å². The number of nitro groups is 1. The first-order valence-electron chi connectivity index (χ1n) is 6.55. The van der Waals surface area contributed by atoms with Crippen LogP contribution in [0.1, 0.15) is 27.7 Å². The molecule has 2 atom stereocenters. The number of carbonyl (C=O) groups excluding carboxylic acids is 3. The van der Waals surface area contributed by atoms with Crippen LogP contribution in [0.2, 0.25) is 0 Å². The number of rotatable bonds is 5. The van der Waals surface area contributed by atoms with E-state index in [9.17, 15) is 24.5 Å². The summed E-state index contributed by atoms with van der Waals surface area (Å²) in [5.41, 5.74) is -0.893. The van der Waals surface area contributed by atoms with Gasteiger partial charge in [-0.15, -0.1) is 0 Å². The maximum Gasteiger partial charge on any atom is 0.213 e. The van der Waals surface area contributed by atoms with Gasteiger partial charge in [-0.1, -0.05) is 0 Å². The molecule has 1 aliphatic rings. The summed E-state index contributed by atoms with van der Waals surface area (Å²) in [5.74, 6) is -4.14. The first-order valence-corrected chi connectivity index (χ1v) is 6.55. The van der Waals surface area contributed by atoms with E-state index < -0.39 is 46.1 Å². The standard InChI is InChI=1S/C14H19NO6/c1-7(6-15(19)20)10(16)9-11(17)8(2)13(21-5)14(3,4)12(9)18/h7,9H,6H2,1-5H3. The quantitative estimate of drug-likeness (QED) is 0.429. The van der Waals surface area contributed by atoms with Crippen LogP contribution in [0.15, 0.2) is 11.3 Å². The Kier molecular flexibility index (Phi) is 4.65. The minimum Gasteiger partial charge on any atom is -0.500 e. The molecule has 0 N–H and O–H groups in total. The molecule has 0 amide bonds. The van der Waals surface area contributed by atoms with Crippen LogP contribution in [0, 0.1) is 27.4 Å². The van der Waals surface area contributed by atoms with Gasteiger partial charge in [0.25, 0.3) is 0 Å². The van der Waals surface area contributed by atoms with Gasteiger partial charge < -0.3 is 4.74 Å². The monoisotopic (exact) mass is 297 g/mol. The van der Waals surface area contributed by atoms with Crippen molar-refractivity contribution in [2.24, 2.45) is 17.3 Å². The number of nitrogens with zero attached hydrogens (tertiary/aromatic N) is 1. The first-order chi connectivity index (χ1) is 9.55. The molecule has 0 aliphatic heterocycles. The van der Waals surface area contributed by atoms with Crippen LogP contribution in [0.25, 0.3) is 0 Å². The maximum atomic E-state index is 12.5. The molecule has 1 rings (SSSR count). The van der Waals surface area contributed by atoms with Gasteiger partial charge in [0.15, 0.2) is 17.3 Å². The summed E-state index contributed by atoms with van der Waals surface area (Å²) in [6.07, 6.45) is 0. The average molecular weight is 297 g/mol. The Bertz CT molecular complexity index is 546. The molecular formula is C14H19NO6. The molecule has 0 radical (unpaired) electrons. The summed E-state index contributed by atoms with van der Waals surface area (Å²) in [5, 5.41) is 10.5. The Hall–Kier alpha value is -2.05. The second kappa shape index (κ2) is 5.75. The van der Waals surface area contributed by atoms with E-state index in [1.807, 2.05) is 0 Å². The fourth-order valence-corrected chi connectivity index (χ4v) is 2.65. The summed E-state index contributed by atoms with van der Waals surface area (Å²) in [6, 6.07) is 0. The van der Waals surface area contributed by atoms with Crippen molar-refractivity contribution in [3.8, 4) is 0 Å². The van der Waals surface area contributed by atoms with E-state index >= 15 is 0 Å². The molecule has 7 nitrogen and oxygen atoms in total. The molecule has 0 heterocycles. The summed E-state index contributed by atoms with van der Waals surface area (Å²) in [7, 11) is 1.36. The van der Waals surface area contributed by atoms with Crippen molar-refractivity contribution in [1.29, 1.82) is 0 Å². The predicted octanol–water partition coefficient (Wildman–Crippen LogP) is 1.18. The van der Waals surface area contributed by atoms with Crippen LogP contribution in [-0.2, 0) is 19.1 Å². The molecule has 1 aliphatic carbocycles. The highest BCUT2D eigenvalue weighted by Crippen LogP contribution is 2.39. The smallest absolute Gasteiger partial charge is 0.213 e. The summed E-state index contributed by atoms with van der Waals surface area (Å²) in [4.78, 5) is 46.9. The van der Waals surface area contributed by atoms with E-state index in [-0.39, 0.29) is 11.3 Å². The lowest BCUT2D eigenvalue weighted by Gasteiger charge is -2.34. The van der Waals surface area contributed by atoms with Crippen LogP contribution in [0.4, 0.5) is 0 Å². The Balaban J connectivity index is 3.25. The van der Waals surface area contributed by atoms with E-state index in [0.717, 1.165) is 0 Å². The van der Waals surface area contributed by atoms with Crippen molar-refractivity contribution >= 4 is 17.3 Å². The van der Waals surface area contributed by atoms with Gasteiger partial charge in [-0.05, 0) is 27.7 Å². The van der Waals surface area contributed by atoms with E-state index in [1.54, 1.807) is 13.8 Å². The molecule has 2 unspecified atom stereocenters. The number of Topliss-reactive ketones (excluding diaryl/α,β-unsaturated/α-hetero) is 3. The maximum absolute atomic E-state index is 12.5. The molecule has 0 saturated heterocycles. The summed E-state index contributed by atoms with van der Waals surface area (Å²) in [6.45, 7) is 5.39. The van der Waals surface area contributed by atoms with E-state index in [0.29, 0.717) is 0 Å². The van der Waals surface area contributed by atoms with Crippen LogP contribution in [0.3, 0.4) is 0 Å². The predicted molar refractivity (Wildman–Crippen MR) is 73.0 cm³/mol. The lowest BCUT2D eigenvalue weighted by Crippen LogP contribution is -2.48. The normalized spacial score (nSPS) is 23.0. The van der Waals surface area contributed by atoms with Gasteiger partial charge >= 0.3 is 0 Å². The number of ether oxygens (including phenoxy) is 1. The van der Waals surface area contributed by atoms with Gasteiger partial charge in [0.1, 0.15) is 11.7 Å². The zero-order valence-corrected chi connectivity index (χ0v) is 12.8. The average Bonchev–Trinajstić information content (AvgIpc) is 2.36. The SMILES string of the molecule is COC1=C(C)C(=O)C(C(=O)C(C)C[N+](=O)[O-])C(=O)C1(C)C. The molecule has 0 fully saturated rings. The van der Waals surface area contributed by atoms with Crippen LogP contribution in [0.5, 0.6) is 0 Å². The van der Waals surface area contributed by atoms with Gasteiger partial charge in [-0.3, -0.25) is 24.5 Å². The first kappa shape index (κ1) is 17.0. The molecule has 116 valence electrons. The highest BCUT2D eigenvalue weighted by molar-refractivity contribution is 6.27. The number of carbonyl (C=O) groups is 3. The van der Waals surface area contributed by atoms with E-state index in [2.05, 4.69) is 0 Å². The third-order valence-corrected chi connectivity index (χ3v) is 3.82. The Morgan fingerprint density at radius 3 is 2.38 bits per heavy atom. The minimum absolute atomic E-state index is 0.216. The van der Waals surface area contributed by atoms with Crippen molar-refractivity contribution in [2.45, 2.75) is 27.7 Å². The Morgan fingerprint density at radius 1 is 1.43 bits per heavy atom. The lowest BCUT2D eigenvalue weighted by molar-refractivity contribution is -0.484. The zero-order chi connectivity index (χ0) is 16.5. The number of hydrogen-bond donors (Lipinski definition) is 0. The number of hydrogen-bond acceptors (Lipinski definition) is 6. The van der Waals surface area contributed by atoms with Crippen molar-refractivity contribution in [1.82, 2.24) is 0 Å². The van der Waals surface area contributed by atoms with Crippen molar-refractivity contribution in [2.75, 3.05) is 13.7 Å². The van der Waals surface area contributed by atoms with Gasteiger partial charge in [0, 0.05) is 10.5 Å². The van der Waals surface area contributed by atoms with Crippen molar-refractivity contribution in [3.63, 3.8) is 0 Å². The molecule has 7 heteroatoms. The molecule has 0 aromatic heterocycles. The highest BCUT2D eigenvalue weighted by atomic mass is 16.6. The van der Waals surface area contributed by atoms with E-state index in [4.69, 9.17) is 4.74 Å². The fourth-order valence-electron chi connectivity index (χ4n) is 2.65. The van der Waals surface area contributed by atoms with Gasteiger partial charge in [-0.2, -0.15) is 0 Å². The lowest BCUT2D eigenvalue weighted by atomic mass is 9.68. The largest absolute Gasteiger partial charge is 0.500 e. The molecule has 21 heavy (non-hydrogen) atoms. The molecule has 0 spiro atoms. The van der Waals surface area contributed by atoms with Gasteiger partial charge in [-0.25, -0.2) is 0 Å². The third-order valence-electron chi connectivity index (χ3n) is 3.82. The molecule has 0 aromatic carbocycles. The molecule has 0 saturated carbocycles. The van der Waals surface area contributed by atoms with Crippen molar-refractivity contribution in [3.05, 3.63) is 21.4 Å². The van der Waals surface area contributed by atoms with Crippen LogP contribution >= 0.6 is 0 Å². The van der Waals surface area contributed by atoms with Crippen molar-refractivity contribution < 1.29 is 24.0 Å². The molecular weight excluding hydrogens is 278 g/mol. The summed E-state index contributed by atoms with van der Waals surface area (Å²) < 4.78 is 5.13. The minimum atomic E-state index is -1.48. The zero-order valence-electron chi connectivity index (χ0n) is 12.8. The number of ketones is 3. The summed E-state index contributed by atoms with van der Waals surface area (Å²) >= 11 is 0. The third kappa shape index (κ3) is 2.86. The van der Waals surface area contributed by atoms with Crippen LogP contribution in [-0.4, -0.2) is 35.9 Å². The van der Waals surface area contributed by atoms with E-state index in [1.165, 1.54) is 21.0 Å². The molecule has 0 bridgehead atoms. The number of methoxy groups -OCH3 is 1. The Morgan fingerprint density at radius 2 is 1.95 bits per heavy atom.